The number of nitrogens with two attached hydrogens (primary N) is 1. The highest BCUT2D eigenvalue weighted by Crippen LogP contribution is 2.23. The van der Waals surface area contributed by atoms with Gasteiger partial charge < -0.3 is 10.7 Å². The number of anilines is 3. The quantitative estimate of drug-likeness (QED) is 0.576. The molecule has 5 nitrogen and oxygen atoms in total. The van der Waals surface area contributed by atoms with E-state index in [2.05, 4.69) is 51.9 Å². The van der Waals surface area contributed by atoms with Gasteiger partial charge >= 0.3 is 0 Å². The van der Waals surface area contributed by atoms with Crippen LogP contribution in [0.3, 0.4) is 0 Å². The molecule has 2 aromatic rings. The lowest BCUT2D eigenvalue weighted by molar-refractivity contribution is 0.932. The summed E-state index contributed by atoms with van der Waals surface area (Å²) in [6, 6.07) is 8.34. The van der Waals surface area contributed by atoms with Gasteiger partial charge in [-0.2, -0.15) is 0 Å². The van der Waals surface area contributed by atoms with E-state index in [-0.39, 0.29) is 0 Å². The van der Waals surface area contributed by atoms with Crippen molar-refractivity contribution < 1.29 is 0 Å². The average molecular weight is 271 g/mol. The molecule has 1 aromatic carbocycles. The molecule has 0 fully saturated rings. The largest absolute Gasteiger partial charge is 0.340 e. The molecule has 2 rings (SSSR count). The third-order valence-corrected chi connectivity index (χ3v) is 3.27. The van der Waals surface area contributed by atoms with Gasteiger partial charge in [0.1, 0.15) is 17.5 Å². The highest BCUT2D eigenvalue weighted by atomic mass is 15.3. The number of hydrogen-bond acceptors (Lipinski definition) is 5. The van der Waals surface area contributed by atoms with Crippen LogP contribution in [0.25, 0.3) is 0 Å². The molecule has 0 amide bonds. The minimum atomic E-state index is 0.657. The fourth-order valence-corrected chi connectivity index (χ4v) is 1.94. The summed E-state index contributed by atoms with van der Waals surface area (Å²) in [4.78, 5) is 8.87. The van der Waals surface area contributed by atoms with Crippen LogP contribution in [-0.4, -0.2) is 9.97 Å². The summed E-state index contributed by atoms with van der Waals surface area (Å²) >= 11 is 0. The first kappa shape index (κ1) is 14.3. The molecule has 1 heterocycles. The molecule has 106 valence electrons. The zero-order valence-electron chi connectivity index (χ0n) is 12.2. The van der Waals surface area contributed by atoms with Crippen LogP contribution in [0.2, 0.25) is 0 Å². The summed E-state index contributed by atoms with van der Waals surface area (Å²) in [6.07, 6.45) is 1.80. The monoisotopic (exact) mass is 271 g/mol. The average Bonchev–Trinajstić information content (AvgIpc) is 2.50. The highest BCUT2D eigenvalue weighted by Gasteiger charge is 2.09. The Kier molecular flexibility index (Phi) is 4.53. The number of aromatic nitrogens is 2. The van der Waals surface area contributed by atoms with Crippen molar-refractivity contribution in [2.45, 2.75) is 33.6 Å². The van der Waals surface area contributed by atoms with E-state index >= 15 is 0 Å². The van der Waals surface area contributed by atoms with Crippen molar-refractivity contribution in [3.8, 4) is 0 Å². The van der Waals surface area contributed by atoms with Gasteiger partial charge in [0.25, 0.3) is 0 Å². The Morgan fingerprint density at radius 1 is 1.00 bits per heavy atom. The molecule has 0 bridgehead atoms. The fourth-order valence-electron chi connectivity index (χ4n) is 1.94. The summed E-state index contributed by atoms with van der Waals surface area (Å²) in [5.74, 6) is 7.71. The predicted molar refractivity (Wildman–Crippen MR) is 83.1 cm³/mol. The van der Waals surface area contributed by atoms with Crippen molar-refractivity contribution >= 4 is 17.3 Å². The standard InChI is InChI=1S/C15H21N5/c1-4-11-6-8-12(9-7-11)17-14-10(3)15(20-16)19-13(5-2)18-14/h6-9H,4-5,16H2,1-3H3,(H2,17,18,19,20). The van der Waals surface area contributed by atoms with Crippen molar-refractivity contribution in [1.29, 1.82) is 0 Å². The van der Waals surface area contributed by atoms with E-state index in [1.807, 2.05) is 13.8 Å². The van der Waals surface area contributed by atoms with Crippen LogP contribution in [0.1, 0.15) is 30.8 Å². The van der Waals surface area contributed by atoms with Crippen LogP contribution in [0.15, 0.2) is 24.3 Å². The smallest absolute Gasteiger partial charge is 0.148 e. The number of rotatable bonds is 5. The first-order valence-corrected chi connectivity index (χ1v) is 6.88. The van der Waals surface area contributed by atoms with Crippen LogP contribution in [-0.2, 0) is 12.8 Å². The van der Waals surface area contributed by atoms with E-state index < -0.39 is 0 Å². The fraction of sp³-hybridized carbons (Fsp3) is 0.333. The van der Waals surface area contributed by atoms with E-state index in [1.54, 1.807) is 0 Å². The first-order valence-electron chi connectivity index (χ1n) is 6.88. The predicted octanol–water partition coefficient (Wildman–Crippen LogP) is 2.94. The summed E-state index contributed by atoms with van der Waals surface area (Å²) in [6.45, 7) is 6.10. The Hall–Kier alpha value is -2.14. The normalized spacial score (nSPS) is 10.4. The van der Waals surface area contributed by atoms with Gasteiger partial charge in [-0.15, -0.1) is 0 Å². The van der Waals surface area contributed by atoms with Gasteiger partial charge in [0.05, 0.1) is 0 Å². The molecule has 5 heteroatoms. The molecule has 0 aliphatic heterocycles. The second-order valence-corrected chi connectivity index (χ2v) is 4.64. The van der Waals surface area contributed by atoms with Gasteiger partial charge in [-0.1, -0.05) is 26.0 Å². The molecule has 0 radical (unpaired) electrons. The van der Waals surface area contributed by atoms with Gasteiger partial charge in [-0.05, 0) is 31.0 Å². The third kappa shape index (κ3) is 3.05. The molecule has 0 atom stereocenters. The highest BCUT2D eigenvalue weighted by molar-refractivity contribution is 5.64. The minimum Gasteiger partial charge on any atom is -0.340 e. The molecular weight excluding hydrogens is 250 g/mol. The molecule has 0 unspecified atom stereocenters. The molecule has 0 spiro atoms. The number of aryl methyl sites for hydroxylation is 2. The Morgan fingerprint density at radius 3 is 2.20 bits per heavy atom. The third-order valence-electron chi connectivity index (χ3n) is 3.27. The first-order chi connectivity index (χ1) is 9.67. The van der Waals surface area contributed by atoms with Crippen LogP contribution < -0.4 is 16.6 Å². The Morgan fingerprint density at radius 2 is 1.65 bits per heavy atom. The summed E-state index contributed by atoms with van der Waals surface area (Å²) in [5.41, 5.74) is 5.85. The van der Waals surface area contributed by atoms with E-state index in [0.717, 1.165) is 35.7 Å². The molecule has 1 aromatic heterocycles. The zero-order valence-corrected chi connectivity index (χ0v) is 12.2. The van der Waals surface area contributed by atoms with Crippen LogP contribution in [0.4, 0.5) is 17.3 Å². The molecule has 0 saturated heterocycles. The summed E-state index contributed by atoms with van der Waals surface area (Å²) in [5, 5.41) is 3.33. The van der Waals surface area contributed by atoms with Gasteiger partial charge in [0.15, 0.2) is 0 Å². The lowest BCUT2D eigenvalue weighted by Gasteiger charge is -2.13. The molecular formula is C15H21N5. The number of nitrogen functional groups attached to an aromatic ring is 1. The van der Waals surface area contributed by atoms with Crippen molar-refractivity contribution in [2.75, 3.05) is 10.7 Å². The van der Waals surface area contributed by atoms with Crippen LogP contribution in [0, 0.1) is 6.92 Å². The van der Waals surface area contributed by atoms with Gasteiger partial charge in [0.2, 0.25) is 0 Å². The Labute approximate surface area is 119 Å². The molecule has 0 aliphatic rings. The Balaban J connectivity index is 2.31. The van der Waals surface area contributed by atoms with Crippen LogP contribution in [0.5, 0.6) is 0 Å². The molecule has 4 N–H and O–H groups in total. The second kappa shape index (κ2) is 6.34. The van der Waals surface area contributed by atoms with E-state index in [4.69, 9.17) is 5.84 Å². The van der Waals surface area contributed by atoms with Crippen molar-refractivity contribution in [3.05, 3.63) is 41.2 Å². The van der Waals surface area contributed by atoms with Crippen molar-refractivity contribution in [3.63, 3.8) is 0 Å². The molecule has 0 aliphatic carbocycles. The zero-order chi connectivity index (χ0) is 14.5. The minimum absolute atomic E-state index is 0.657. The van der Waals surface area contributed by atoms with Crippen molar-refractivity contribution in [1.82, 2.24) is 9.97 Å². The number of nitrogens with zero attached hydrogens (tertiary/aromatic N) is 2. The molecule has 20 heavy (non-hydrogen) atoms. The van der Waals surface area contributed by atoms with Crippen LogP contribution >= 0.6 is 0 Å². The maximum atomic E-state index is 5.51. The van der Waals surface area contributed by atoms with Gasteiger partial charge in [0, 0.05) is 17.7 Å². The molecule has 0 saturated carbocycles. The maximum Gasteiger partial charge on any atom is 0.148 e. The topological polar surface area (TPSA) is 75.9 Å². The van der Waals surface area contributed by atoms with Gasteiger partial charge in [-0.3, -0.25) is 0 Å². The number of hydrogen-bond donors (Lipinski definition) is 3. The number of nitrogens with one attached hydrogen (secondary N) is 2. The summed E-state index contributed by atoms with van der Waals surface area (Å²) in [7, 11) is 0. The SMILES string of the molecule is CCc1ccc(Nc2nc(CC)nc(NN)c2C)cc1. The maximum absolute atomic E-state index is 5.51. The lowest BCUT2D eigenvalue weighted by atomic mass is 10.1. The lowest BCUT2D eigenvalue weighted by Crippen LogP contribution is -2.13. The van der Waals surface area contributed by atoms with Gasteiger partial charge in [-0.25, -0.2) is 15.8 Å². The van der Waals surface area contributed by atoms with E-state index in [1.165, 1.54) is 5.56 Å². The Bertz CT molecular complexity index is 578. The number of hydrazine groups is 1. The van der Waals surface area contributed by atoms with Crippen molar-refractivity contribution in [2.24, 2.45) is 5.84 Å². The number of benzene rings is 1. The van der Waals surface area contributed by atoms with E-state index in [0.29, 0.717) is 5.82 Å². The van der Waals surface area contributed by atoms with E-state index in [9.17, 15) is 0 Å². The second-order valence-electron chi connectivity index (χ2n) is 4.64. The summed E-state index contributed by atoms with van der Waals surface area (Å²) < 4.78 is 0.